The minimum atomic E-state index is -3.36. The lowest BCUT2D eigenvalue weighted by molar-refractivity contribution is -0.121. The Morgan fingerprint density at radius 1 is 1.00 bits per heavy atom. The van der Waals surface area contributed by atoms with E-state index in [1.165, 1.54) is 9.87 Å². The van der Waals surface area contributed by atoms with Gasteiger partial charge in [-0.25, -0.2) is 8.42 Å². The second-order valence-electron chi connectivity index (χ2n) is 8.12. The Kier molecular flexibility index (Phi) is 6.95. The van der Waals surface area contributed by atoms with Gasteiger partial charge >= 0.3 is 0 Å². The molecule has 162 valence electrons. The molecule has 0 unspecified atom stereocenters. The Morgan fingerprint density at radius 2 is 1.57 bits per heavy atom. The lowest BCUT2D eigenvalue weighted by atomic mass is 10.0. The van der Waals surface area contributed by atoms with Gasteiger partial charge in [0.05, 0.1) is 11.8 Å². The normalized spacial score (nSPS) is 16.9. The van der Waals surface area contributed by atoms with E-state index >= 15 is 0 Å². The summed E-state index contributed by atoms with van der Waals surface area (Å²) >= 11 is 0. The highest BCUT2D eigenvalue weighted by atomic mass is 32.2. The first-order valence-electron chi connectivity index (χ1n) is 10.3. The molecule has 0 aliphatic carbocycles. The first-order valence-corrected chi connectivity index (χ1v) is 11.9. The van der Waals surface area contributed by atoms with E-state index in [1.54, 1.807) is 0 Å². The third kappa shape index (κ3) is 5.28. The number of carbonyl (C=O) groups excluding carboxylic acids is 1. The highest BCUT2D eigenvalue weighted by Gasteiger charge is 2.31. The molecule has 1 saturated heterocycles. The number of carbonyl (C=O) groups is 1. The number of sulfonamides is 1. The molecule has 1 amide bonds. The van der Waals surface area contributed by atoms with Crippen LogP contribution in [0, 0.1) is 20.8 Å². The van der Waals surface area contributed by atoms with Crippen molar-refractivity contribution in [1.29, 1.82) is 0 Å². The van der Waals surface area contributed by atoms with Gasteiger partial charge in [-0.15, -0.1) is 0 Å². The predicted molar refractivity (Wildman–Crippen MR) is 121 cm³/mol. The summed E-state index contributed by atoms with van der Waals surface area (Å²) in [4.78, 5) is 14.9. The van der Waals surface area contributed by atoms with Gasteiger partial charge < -0.3 is 5.32 Å². The number of piperazine rings is 1. The second kappa shape index (κ2) is 9.29. The first kappa shape index (κ1) is 22.5. The molecule has 7 heteroatoms. The van der Waals surface area contributed by atoms with Crippen LogP contribution in [-0.4, -0.2) is 55.8 Å². The Bertz CT molecular complexity index is 975. The van der Waals surface area contributed by atoms with Crippen molar-refractivity contribution in [2.75, 3.05) is 31.5 Å². The molecule has 2 aromatic carbocycles. The van der Waals surface area contributed by atoms with E-state index in [4.69, 9.17) is 0 Å². The van der Waals surface area contributed by atoms with Crippen LogP contribution >= 0.6 is 0 Å². The summed E-state index contributed by atoms with van der Waals surface area (Å²) in [6.45, 7) is 9.78. The summed E-state index contributed by atoms with van der Waals surface area (Å²) in [5.41, 5.74) is 4.91. The number of amides is 1. The minimum absolute atomic E-state index is 0.00978. The van der Waals surface area contributed by atoms with E-state index < -0.39 is 10.0 Å². The van der Waals surface area contributed by atoms with Crippen LogP contribution in [-0.2, 0) is 20.6 Å². The van der Waals surface area contributed by atoms with E-state index in [0.29, 0.717) is 26.2 Å². The molecule has 0 aromatic heterocycles. The van der Waals surface area contributed by atoms with Crippen molar-refractivity contribution in [3.8, 4) is 0 Å². The zero-order chi connectivity index (χ0) is 21.9. The smallest absolute Gasteiger partial charge is 0.241 e. The highest BCUT2D eigenvalue weighted by Crippen LogP contribution is 2.23. The lowest BCUT2D eigenvalue weighted by Gasteiger charge is -2.36. The fourth-order valence-electron chi connectivity index (χ4n) is 4.02. The summed E-state index contributed by atoms with van der Waals surface area (Å²) in [5.74, 6) is -0.0544. The summed E-state index contributed by atoms with van der Waals surface area (Å²) in [7, 11) is -3.36. The molecule has 3 rings (SSSR count). The maximum absolute atomic E-state index is 12.8. The van der Waals surface area contributed by atoms with Gasteiger partial charge in [0, 0.05) is 31.9 Å². The van der Waals surface area contributed by atoms with E-state index in [0.717, 1.165) is 22.4 Å². The van der Waals surface area contributed by atoms with Gasteiger partial charge in [-0.1, -0.05) is 48.0 Å². The number of hydrogen-bond acceptors (Lipinski definition) is 4. The van der Waals surface area contributed by atoms with Crippen molar-refractivity contribution in [2.24, 2.45) is 0 Å². The SMILES string of the molecule is Cc1cc(C)c(NC(=O)[C@@H](C)N2CCN(S(=O)(=O)Cc3ccccc3)CC2)c(C)c1. The average Bonchev–Trinajstić information content (AvgIpc) is 2.70. The Balaban J connectivity index is 1.58. The number of anilines is 1. The van der Waals surface area contributed by atoms with Gasteiger partial charge in [0.25, 0.3) is 0 Å². The highest BCUT2D eigenvalue weighted by molar-refractivity contribution is 7.88. The molecule has 0 radical (unpaired) electrons. The number of hydrogen-bond donors (Lipinski definition) is 1. The van der Waals surface area contributed by atoms with Crippen LogP contribution in [0.3, 0.4) is 0 Å². The van der Waals surface area contributed by atoms with Crippen molar-refractivity contribution in [3.63, 3.8) is 0 Å². The zero-order valence-corrected chi connectivity index (χ0v) is 19.0. The van der Waals surface area contributed by atoms with Crippen molar-refractivity contribution in [2.45, 2.75) is 39.5 Å². The summed E-state index contributed by atoms with van der Waals surface area (Å²) in [6.07, 6.45) is 0. The molecule has 0 saturated carbocycles. The van der Waals surface area contributed by atoms with Gasteiger partial charge in [0.15, 0.2) is 0 Å². The topological polar surface area (TPSA) is 69.7 Å². The minimum Gasteiger partial charge on any atom is -0.324 e. The molecular formula is C23H31N3O3S. The monoisotopic (exact) mass is 429 g/mol. The van der Waals surface area contributed by atoms with Gasteiger partial charge in [-0.3, -0.25) is 9.69 Å². The fraction of sp³-hybridized carbons (Fsp3) is 0.435. The number of rotatable bonds is 6. The standard InChI is InChI=1S/C23H31N3O3S/c1-17-14-18(2)22(19(3)15-17)24-23(27)20(4)25-10-12-26(13-11-25)30(28,29)16-21-8-6-5-7-9-21/h5-9,14-15,20H,10-13,16H2,1-4H3,(H,24,27)/t20-/m1/s1. The molecule has 1 N–H and O–H groups in total. The molecule has 1 fully saturated rings. The molecule has 6 nitrogen and oxygen atoms in total. The van der Waals surface area contributed by atoms with Crippen molar-refractivity contribution < 1.29 is 13.2 Å². The van der Waals surface area contributed by atoms with Crippen molar-refractivity contribution in [3.05, 3.63) is 64.7 Å². The average molecular weight is 430 g/mol. The first-order chi connectivity index (χ1) is 14.2. The van der Waals surface area contributed by atoms with Crippen molar-refractivity contribution >= 4 is 21.6 Å². The Labute approximate surface area is 179 Å². The largest absolute Gasteiger partial charge is 0.324 e. The Hall–Kier alpha value is -2.22. The zero-order valence-electron chi connectivity index (χ0n) is 18.2. The molecule has 1 aliphatic rings. The third-order valence-electron chi connectivity index (χ3n) is 5.71. The van der Waals surface area contributed by atoms with Crippen LogP contribution in [0.25, 0.3) is 0 Å². The Morgan fingerprint density at radius 3 is 2.13 bits per heavy atom. The summed E-state index contributed by atoms with van der Waals surface area (Å²) in [6, 6.07) is 13.0. The molecule has 1 aliphatic heterocycles. The molecule has 0 bridgehead atoms. The quantitative estimate of drug-likeness (QED) is 0.766. The van der Waals surface area contributed by atoms with Gasteiger partial charge in [-0.2, -0.15) is 4.31 Å². The lowest BCUT2D eigenvalue weighted by Crippen LogP contribution is -2.54. The van der Waals surface area contributed by atoms with E-state index in [1.807, 2.05) is 62.9 Å². The number of aryl methyl sites for hydroxylation is 3. The van der Waals surface area contributed by atoms with Crippen LogP contribution in [0.4, 0.5) is 5.69 Å². The summed E-state index contributed by atoms with van der Waals surface area (Å²) < 4.78 is 27.0. The van der Waals surface area contributed by atoms with E-state index in [9.17, 15) is 13.2 Å². The maximum Gasteiger partial charge on any atom is 0.241 e. The number of nitrogens with zero attached hydrogens (tertiary/aromatic N) is 2. The summed E-state index contributed by atoms with van der Waals surface area (Å²) in [5, 5.41) is 3.06. The molecule has 1 heterocycles. The third-order valence-corrected chi connectivity index (χ3v) is 7.56. The van der Waals surface area contributed by atoms with Crippen LogP contribution in [0.5, 0.6) is 0 Å². The number of benzene rings is 2. The molecule has 1 atom stereocenters. The van der Waals surface area contributed by atoms with Crippen LogP contribution < -0.4 is 5.32 Å². The van der Waals surface area contributed by atoms with Crippen LogP contribution in [0.2, 0.25) is 0 Å². The maximum atomic E-state index is 12.8. The van der Waals surface area contributed by atoms with E-state index in [-0.39, 0.29) is 17.7 Å². The fourth-order valence-corrected chi connectivity index (χ4v) is 5.53. The van der Waals surface area contributed by atoms with Crippen LogP contribution in [0.15, 0.2) is 42.5 Å². The van der Waals surface area contributed by atoms with Crippen LogP contribution in [0.1, 0.15) is 29.2 Å². The van der Waals surface area contributed by atoms with Gasteiger partial charge in [0.1, 0.15) is 0 Å². The van der Waals surface area contributed by atoms with Gasteiger partial charge in [-0.05, 0) is 44.4 Å². The van der Waals surface area contributed by atoms with E-state index in [2.05, 4.69) is 17.4 Å². The molecular weight excluding hydrogens is 398 g/mol. The van der Waals surface area contributed by atoms with Gasteiger partial charge in [0.2, 0.25) is 15.9 Å². The molecule has 30 heavy (non-hydrogen) atoms. The van der Waals surface area contributed by atoms with Crippen molar-refractivity contribution in [1.82, 2.24) is 9.21 Å². The number of nitrogens with one attached hydrogen (secondary N) is 1. The molecule has 2 aromatic rings. The second-order valence-corrected chi connectivity index (χ2v) is 10.1. The molecule has 0 spiro atoms. The predicted octanol–water partition coefficient (Wildman–Crippen LogP) is 3.09.